The molecule has 0 radical (unpaired) electrons. The summed E-state index contributed by atoms with van der Waals surface area (Å²) in [5.74, 6) is 0.750. The molecule has 1 aromatic rings. The number of thiocarbonyl (C=S) groups is 1. The average molecular weight is 127 g/mol. The maximum Gasteiger partial charge on any atom is 0.154 e. The third-order valence-corrected chi connectivity index (χ3v) is 0.850. The first kappa shape index (κ1) is 5.31. The molecule has 1 heterocycles. The summed E-state index contributed by atoms with van der Waals surface area (Å²) < 4.78 is 4.80. The molecule has 0 saturated heterocycles. The summed E-state index contributed by atoms with van der Waals surface area (Å²) in [6.45, 7) is 0. The summed E-state index contributed by atoms with van der Waals surface area (Å²) in [6.07, 6.45) is 3.50. The summed E-state index contributed by atoms with van der Waals surface area (Å²) in [5, 5.41) is 0. The van der Waals surface area contributed by atoms with Crippen LogP contribution in [0.3, 0.4) is 0 Å². The summed E-state index contributed by atoms with van der Waals surface area (Å²) in [4.78, 5) is 2.82. The molecule has 0 spiro atoms. The molecule has 0 unspecified atom stereocenters. The summed E-state index contributed by atoms with van der Waals surface area (Å²) in [7, 11) is 0. The minimum Gasteiger partial charge on any atom is -0.452 e. The highest BCUT2D eigenvalue weighted by molar-refractivity contribution is 7.78. The van der Waals surface area contributed by atoms with E-state index in [9.17, 15) is 0 Å². The van der Waals surface area contributed by atoms with Gasteiger partial charge in [0.1, 0.15) is 5.75 Å². The molecule has 0 saturated carbocycles. The van der Waals surface area contributed by atoms with E-state index < -0.39 is 0 Å². The van der Waals surface area contributed by atoms with Crippen molar-refractivity contribution >= 4 is 17.8 Å². The van der Waals surface area contributed by atoms with Crippen LogP contribution in [-0.2, 0) is 0 Å². The normalized spacial score (nSPS) is 8.50. The second kappa shape index (κ2) is 2.47. The SMILES string of the molecule is S=COc1cc[nH]c1. The van der Waals surface area contributed by atoms with Crippen molar-refractivity contribution in [3.8, 4) is 5.75 Å². The van der Waals surface area contributed by atoms with E-state index in [4.69, 9.17) is 4.74 Å². The third kappa shape index (κ3) is 1.07. The number of aromatic nitrogens is 1. The quantitative estimate of drug-likeness (QED) is 0.606. The largest absolute Gasteiger partial charge is 0.452 e. The molecule has 0 atom stereocenters. The van der Waals surface area contributed by atoms with Gasteiger partial charge in [-0.05, 0) is 18.3 Å². The van der Waals surface area contributed by atoms with Crippen molar-refractivity contribution in [3.63, 3.8) is 0 Å². The van der Waals surface area contributed by atoms with Crippen molar-refractivity contribution in [1.29, 1.82) is 0 Å². The fraction of sp³-hybridized carbons (Fsp3) is 0. The lowest BCUT2D eigenvalue weighted by atomic mass is 10.6. The van der Waals surface area contributed by atoms with Crippen LogP contribution >= 0.6 is 12.2 Å². The first-order chi connectivity index (χ1) is 3.93. The van der Waals surface area contributed by atoms with Gasteiger partial charge < -0.3 is 9.72 Å². The topological polar surface area (TPSA) is 25.0 Å². The lowest BCUT2D eigenvalue weighted by molar-refractivity contribution is 0.587. The Bertz CT molecular complexity index is 159. The Morgan fingerprint density at radius 1 is 1.75 bits per heavy atom. The Morgan fingerprint density at radius 2 is 2.62 bits per heavy atom. The van der Waals surface area contributed by atoms with E-state index in [1.807, 2.05) is 0 Å². The summed E-state index contributed by atoms with van der Waals surface area (Å²) in [5.41, 5.74) is 1.23. The number of rotatable bonds is 2. The molecule has 0 aromatic carbocycles. The van der Waals surface area contributed by atoms with E-state index in [0.717, 1.165) is 5.75 Å². The Labute approximate surface area is 52.5 Å². The van der Waals surface area contributed by atoms with Gasteiger partial charge >= 0.3 is 0 Å². The van der Waals surface area contributed by atoms with Crippen LogP contribution in [0.4, 0.5) is 0 Å². The van der Waals surface area contributed by atoms with Gasteiger partial charge in [-0.25, -0.2) is 0 Å². The Balaban J connectivity index is 2.62. The van der Waals surface area contributed by atoms with Gasteiger partial charge in [0.05, 0.1) is 0 Å². The van der Waals surface area contributed by atoms with Crippen molar-refractivity contribution < 1.29 is 4.74 Å². The molecule has 0 aliphatic rings. The molecule has 1 rings (SSSR count). The molecular weight excluding hydrogens is 122 g/mol. The molecule has 1 N–H and O–H groups in total. The van der Waals surface area contributed by atoms with Crippen LogP contribution in [-0.4, -0.2) is 10.5 Å². The number of aromatic amines is 1. The van der Waals surface area contributed by atoms with Gasteiger partial charge in [-0.15, -0.1) is 0 Å². The molecule has 3 heteroatoms. The highest BCUT2D eigenvalue weighted by Crippen LogP contribution is 2.04. The zero-order chi connectivity index (χ0) is 5.82. The number of ether oxygens (including phenoxy) is 1. The van der Waals surface area contributed by atoms with Crippen molar-refractivity contribution in [2.75, 3.05) is 0 Å². The van der Waals surface area contributed by atoms with Gasteiger partial charge in [0, 0.05) is 12.4 Å². The standard InChI is InChI=1S/C5H5NOS/c8-4-7-5-1-2-6-3-5/h1-4,6H. The predicted molar refractivity (Wildman–Crippen MR) is 35.1 cm³/mol. The maximum atomic E-state index is 4.80. The predicted octanol–water partition coefficient (Wildman–Crippen LogP) is 1.35. The number of H-pyrrole nitrogens is 1. The molecule has 0 bridgehead atoms. The highest BCUT2D eigenvalue weighted by atomic mass is 32.1. The van der Waals surface area contributed by atoms with Crippen LogP contribution in [0.5, 0.6) is 5.75 Å². The van der Waals surface area contributed by atoms with Gasteiger partial charge in [-0.1, -0.05) is 0 Å². The van der Waals surface area contributed by atoms with E-state index in [-0.39, 0.29) is 0 Å². The van der Waals surface area contributed by atoms with Crippen LogP contribution in [0.2, 0.25) is 0 Å². The minimum atomic E-state index is 0.750. The molecule has 0 aliphatic heterocycles. The monoisotopic (exact) mass is 127 g/mol. The molecule has 2 nitrogen and oxygen atoms in total. The zero-order valence-corrected chi connectivity index (χ0v) is 4.94. The van der Waals surface area contributed by atoms with Gasteiger partial charge in [0.2, 0.25) is 0 Å². The number of nitrogens with one attached hydrogen (secondary N) is 1. The average Bonchev–Trinajstić information content (AvgIpc) is 2.19. The van der Waals surface area contributed by atoms with Gasteiger partial charge in [0.15, 0.2) is 5.55 Å². The fourth-order valence-electron chi connectivity index (χ4n) is 0.437. The second-order valence-electron chi connectivity index (χ2n) is 1.26. The van der Waals surface area contributed by atoms with Crippen LogP contribution in [0.15, 0.2) is 18.5 Å². The minimum absolute atomic E-state index is 0.750. The lowest BCUT2D eigenvalue weighted by Crippen LogP contribution is -1.81. The van der Waals surface area contributed by atoms with E-state index in [1.54, 1.807) is 18.5 Å². The van der Waals surface area contributed by atoms with Gasteiger partial charge in [-0.2, -0.15) is 0 Å². The van der Waals surface area contributed by atoms with Crippen molar-refractivity contribution in [3.05, 3.63) is 18.5 Å². The first-order valence-corrected chi connectivity index (χ1v) is 2.63. The second-order valence-corrected chi connectivity index (χ2v) is 1.45. The summed E-state index contributed by atoms with van der Waals surface area (Å²) in [6, 6.07) is 1.79. The third-order valence-electron chi connectivity index (χ3n) is 0.754. The molecule has 1 aromatic heterocycles. The number of hydrogen-bond donors (Lipinski definition) is 1. The van der Waals surface area contributed by atoms with E-state index in [2.05, 4.69) is 17.2 Å². The molecule has 0 aliphatic carbocycles. The molecular formula is C5H5NOS. The number of hydrogen-bond acceptors (Lipinski definition) is 2. The first-order valence-electron chi connectivity index (χ1n) is 2.16. The Kier molecular flexibility index (Phi) is 1.64. The Morgan fingerprint density at radius 3 is 3.12 bits per heavy atom. The van der Waals surface area contributed by atoms with Crippen LogP contribution in [0.25, 0.3) is 0 Å². The van der Waals surface area contributed by atoms with E-state index >= 15 is 0 Å². The van der Waals surface area contributed by atoms with Crippen LogP contribution < -0.4 is 4.74 Å². The Hall–Kier alpha value is -0.830. The van der Waals surface area contributed by atoms with Crippen molar-refractivity contribution in [2.45, 2.75) is 0 Å². The van der Waals surface area contributed by atoms with Gasteiger partial charge in [-0.3, -0.25) is 0 Å². The highest BCUT2D eigenvalue weighted by Gasteiger charge is 1.84. The van der Waals surface area contributed by atoms with Crippen molar-refractivity contribution in [1.82, 2.24) is 4.98 Å². The van der Waals surface area contributed by atoms with E-state index in [0.29, 0.717) is 0 Å². The molecule has 8 heavy (non-hydrogen) atoms. The van der Waals surface area contributed by atoms with Crippen LogP contribution in [0, 0.1) is 0 Å². The fourth-order valence-corrected chi connectivity index (χ4v) is 0.549. The van der Waals surface area contributed by atoms with Crippen molar-refractivity contribution in [2.24, 2.45) is 0 Å². The van der Waals surface area contributed by atoms with E-state index in [1.165, 1.54) is 5.55 Å². The van der Waals surface area contributed by atoms with Gasteiger partial charge in [0.25, 0.3) is 0 Å². The molecule has 0 fully saturated rings. The molecule has 42 valence electrons. The summed E-state index contributed by atoms with van der Waals surface area (Å²) >= 11 is 4.44. The molecule has 0 amide bonds. The lowest BCUT2D eigenvalue weighted by Gasteiger charge is -1.87. The zero-order valence-electron chi connectivity index (χ0n) is 4.13. The van der Waals surface area contributed by atoms with Crippen LogP contribution in [0.1, 0.15) is 0 Å². The smallest absolute Gasteiger partial charge is 0.154 e. The maximum absolute atomic E-state index is 4.80.